The molecular formula is C12H16N2O3S. The molecule has 18 heavy (non-hydrogen) atoms. The summed E-state index contributed by atoms with van der Waals surface area (Å²) in [5.41, 5.74) is 2.59. The first kappa shape index (κ1) is 13.0. The number of hydrogen-bond acceptors (Lipinski definition) is 4. The Morgan fingerprint density at radius 3 is 2.78 bits per heavy atom. The van der Waals surface area contributed by atoms with Crippen LogP contribution in [0.5, 0.6) is 0 Å². The molecule has 1 aromatic rings. The van der Waals surface area contributed by atoms with E-state index in [0.29, 0.717) is 12.0 Å². The lowest BCUT2D eigenvalue weighted by Gasteiger charge is -2.07. The Kier molecular flexibility index (Phi) is 3.68. The van der Waals surface area contributed by atoms with Gasteiger partial charge in [-0.1, -0.05) is 13.0 Å². The molecule has 2 rings (SSSR count). The van der Waals surface area contributed by atoms with Gasteiger partial charge in [0.05, 0.1) is 5.75 Å². The van der Waals surface area contributed by atoms with Crippen molar-refractivity contribution in [2.75, 3.05) is 5.75 Å². The summed E-state index contributed by atoms with van der Waals surface area (Å²) in [7, 11) is -3.51. The van der Waals surface area contributed by atoms with E-state index in [1.165, 1.54) is 0 Å². The van der Waals surface area contributed by atoms with E-state index in [1.807, 2.05) is 6.07 Å². The van der Waals surface area contributed by atoms with Crippen molar-refractivity contribution in [1.29, 1.82) is 0 Å². The monoisotopic (exact) mass is 268 g/mol. The normalized spacial score (nSPS) is 14.3. The molecule has 1 aromatic carbocycles. The van der Waals surface area contributed by atoms with Gasteiger partial charge in [0, 0.05) is 18.7 Å². The van der Waals surface area contributed by atoms with E-state index in [9.17, 15) is 13.2 Å². The lowest BCUT2D eigenvalue weighted by molar-refractivity contribution is 0.0981. The van der Waals surface area contributed by atoms with Crippen LogP contribution in [0.3, 0.4) is 0 Å². The number of benzene rings is 1. The van der Waals surface area contributed by atoms with Crippen molar-refractivity contribution >= 4 is 15.9 Å². The first-order chi connectivity index (χ1) is 8.52. The standard InChI is InChI=1S/C12H16N2O3S/c1-2-5-18(16,17)14-12(15)9-3-4-10-7-13-8-11(10)6-9/h3-4,6,13H,2,5,7-8H2,1H3,(H,14,15). The minimum atomic E-state index is -3.51. The van der Waals surface area contributed by atoms with Crippen molar-refractivity contribution in [3.8, 4) is 0 Å². The second kappa shape index (κ2) is 5.07. The van der Waals surface area contributed by atoms with E-state index in [4.69, 9.17) is 0 Å². The topological polar surface area (TPSA) is 75.3 Å². The summed E-state index contributed by atoms with van der Waals surface area (Å²) in [5, 5.41) is 3.17. The van der Waals surface area contributed by atoms with E-state index < -0.39 is 15.9 Å². The molecule has 0 bridgehead atoms. The van der Waals surface area contributed by atoms with Crippen LogP contribution in [0, 0.1) is 0 Å². The van der Waals surface area contributed by atoms with Crippen molar-refractivity contribution < 1.29 is 13.2 Å². The SMILES string of the molecule is CCCS(=O)(=O)NC(=O)c1ccc2c(c1)CNC2. The van der Waals surface area contributed by atoms with Gasteiger partial charge in [-0.2, -0.15) is 0 Å². The third kappa shape index (κ3) is 2.88. The van der Waals surface area contributed by atoms with Crippen LogP contribution in [0.15, 0.2) is 18.2 Å². The first-order valence-corrected chi connectivity index (χ1v) is 7.54. The smallest absolute Gasteiger partial charge is 0.264 e. The lowest BCUT2D eigenvalue weighted by Crippen LogP contribution is -2.32. The van der Waals surface area contributed by atoms with E-state index in [1.54, 1.807) is 19.1 Å². The molecule has 1 heterocycles. The number of hydrogen-bond donors (Lipinski definition) is 2. The van der Waals surface area contributed by atoms with Gasteiger partial charge in [0.25, 0.3) is 5.91 Å². The maximum atomic E-state index is 11.8. The number of amides is 1. The highest BCUT2D eigenvalue weighted by atomic mass is 32.2. The minimum Gasteiger partial charge on any atom is -0.309 e. The molecule has 0 fully saturated rings. The molecule has 1 amide bonds. The summed E-state index contributed by atoms with van der Waals surface area (Å²) in [6.45, 7) is 3.27. The summed E-state index contributed by atoms with van der Waals surface area (Å²) < 4.78 is 25.1. The maximum Gasteiger partial charge on any atom is 0.264 e. The van der Waals surface area contributed by atoms with Gasteiger partial charge in [0.2, 0.25) is 10.0 Å². The molecule has 98 valence electrons. The molecule has 0 saturated heterocycles. The van der Waals surface area contributed by atoms with Crippen LogP contribution in [0.2, 0.25) is 0 Å². The van der Waals surface area contributed by atoms with Crippen molar-refractivity contribution in [3.63, 3.8) is 0 Å². The van der Waals surface area contributed by atoms with Gasteiger partial charge in [0.15, 0.2) is 0 Å². The predicted octanol–water partition coefficient (Wildman–Crippen LogP) is 0.759. The highest BCUT2D eigenvalue weighted by molar-refractivity contribution is 7.90. The number of fused-ring (bicyclic) bond motifs is 1. The molecule has 0 atom stereocenters. The minimum absolute atomic E-state index is 0.0365. The molecule has 1 aliphatic heterocycles. The van der Waals surface area contributed by atoms with E-state index in [0.717, 1.165) is 24.2 Å². The molecule has 2 N–H and O–H groups in total. The molecule has 0 aromatic heterocycles. The van der Waals surface area contributed by atoms with Crippen molar-refractivity contribution in [2.45, 2.75) is 26.4 Å². The van der Waals surface area contributed by atoms with Crippen molar-refractivity contribution in [3.05, 3.63) is 34.9 Å². The second-order valence-electron chi connectivity index (χ2n) is 4.34. The molecule has 1 aliphatic rings. The highest BCUT2D eigenvalue weighted by Gasteiger charge is 2.17. The number of rotatable bonds is 4. The molecule has 6 heteroatoms. The molecule has 5 nitrogen and oxygen atoms in total. The van der Waals surface area contributed by atoms with Crippen LogP contribution >= 0.6 is 0 Å². The summed E-state index contributed by atoms with van der Waals surface area (Å²) in [6, 6.07) is 5.26. The largest absolute Gasteiger partial charge is 0.309 e. The molecular weight excluding hydrogens is 252 g/mol. The maximum absolute atomic E-state index is 11.8. The van der Waals surface area contributed by atoms with Crippen molar-refractivity contribution in [2.24, 2.45) is 0 Å². The number of carbonyl (C=O) groups is 1. The Hall–Kier alpha value is -1.40. The van der Waals surface area contributed by atoms with Gasteiger partial charge in [-0.15, -0.1) is 0 Å². The zero-order valence-electron chi connectivity index (χ0n) is 10.2. The quantitative estimate of drug-likeness (QED) is 0.845. The van der Waals surface area contributed by atoms with Crippen LogP contribution in [0.25, 0.3) is 0 Å². The Balaban J connectivity index is 2.15. The van der Waals surface area contributed by atoms with E-state index in [2.05, 4.69) is 10.0 Å². The molecule has 0 radical (unpaired) electrons. The fraction of sp³-hybridized carbons (Fsp3) is 0.417. The lowest BCUT2D eigenvalue weighted by atomic mass is 10.1. The average molecular weight is 268 g/mol. The summed E-state index contributed by atoms with van der Waals surface area (Å²) in [6.07, 6.45) is 0.483. The second-order valence-corrected chi connectivity index (χ2v) is 6.18. The molecule has 0 spiro atoms. The van der Waals surface area contributed by atoms with Crippen LogP contribution in [0.4, 0.5) is 0 Å². The van der Waals surface area contributed by atoms with Crippen LogP contribution in [-0.2, 0) is 23.1 Å². The first-order valence-electron chi connectivity index (χ1n) is 5.89. The van der Waals surface area contributed by atoms with Gasteiger partial charge in [-0.05, 0) is 29.7 Å². The zero-order chi connectivity index (χ0) is 13.2. The van der Waals surface area contributed by atoms with Crippen LogP contribution < -0.4 is 10.0 Å². The summed E-state index contributed by atoms with van der Waals surface area (Å²) in [4.78, 5) is 11.8. The Morgan fingerprint density at radius 2 is 2.06 bits per heavy atom. The highest BCUT2D eigenvalue weighted by Crippen LogP contribution is 2.17. The third-order valence-electron chi connectivity index (χ3n) is 2.82. The predicted molar refractivity (Wildman–Crippen MR) is 68.5 cm³/mol. The third-order valence-corrected chi connectivity index (χ3v) is 4.26. The van der Waals surface area contributed by atoms with Gasteiger partial charge in [-0.3, -0.25) is 4.79 Å². The summed E-state index contributed by atoms with van der Waals surface area (Å²) >= 11 is 0. The number of nitrogens with one attached hydrogen (secondary N) is 2. The molecule has 0 aliphatic carbocycles. The molecule has 0 unspecified atom stereocenters. The molecule has 0 saturated carbocycles. The number of sulfonamides is 1. The van der Waals surface area contributed by atoms with Gasteiger partial charge in [0.1, 0.15) is 0 Å². The van der Waals surface area contributed by atoms with E-state index in [-0.39, 0.29) is 5.75 Å². The Bertz CT molecular complexity index is 567. The van der Waals surface area contributed by atoms with Gasteiger partial charge >= 0.3 is 0 Å². The van der Waals surface area contributed by atoms with Gasteiger partial charge in [-0.25, -0.2) is 13.1 Å². The zero-order valence-corrected chi connectivity index (χ0v) is 11.0. The average Bonchev–Trinajstić information content (AvgIpc) is 2.74. The van der Waals surface area contributed by atoms with E-state index >= 15 is 0 Å². The summed E-state index contributed by atoms with van der Waals surface area (Å²) in [5.74, 6) is -0.594. The van der Waals surface area contributed by atoms with Gasteiger partial charge < -0.3 is 5.32 Å². The van der Waals surface area contributed by atoms with Crippen LogP contribution in [-0.4, -0.2) is 20.1 Å². The van der Waals surface area contributed by atoms with Crippen LogP contribution in [0.1, 0.15) is 34.8 Å². The van der Waals surface area contributed by atoms with Crippen molar-refractivity contribution in [1.82, 2.24) is 10.0 Å². The number of carbonyl (C=O) groups excluding carboxylic acids is 1. The fourth-order valence-corrected chi connectivity index (χ4v) is 3.00. The Labute approximate surface area is 107 Å². The fourth-order valence-electron chi connectivity index (χ4n) is 1.96. The Morgan fingerprint density at radius 1 is 1.33 bits per heavy atom.